The minimum absolute atomic E-state index is 0.151. The van der Waals surface area contributed by atoms with Crippen LogP contribution in [0.25, 0.3) is 0 Å². The van der Waals surface area contributed by atoms with Crippen LogP contribution >= 0.6 is 11.8 Å². The summed E-state index contributed by atoms with van der Waals surface area (Å²) in [5, 5.41) is 0. The van der Waals surface area contributed by atoms with Crippen molar-refractivity contribution in [3.63, 3.8) is 0 Å². The Balaban J connectivity index is 1.64. The molecule has 3 heterocycles. The number of hydrogen-bond acceptors (Lipinski definition) is 5. The molecule has 19 heavy (non-hydrogen) atoms. The topological polar surface area (TPSA) is 56.5 Å². The molecule has 5 heteroatoms. The average Bonchev–Trinajstić information content (AvgIpc) is 2.89. The Morgan fingerprint density at radius 2 is 2.21 bits per heavy atom. The van der Waals surface area contributed by atoms with Gasteiger partial charge in [0.2, 0.25) is 0 Å². The normalized spacial score (nSPS) is 41.5. The molecule has 0 aromatic carbocycles. The number of rotatable bonds is 3. The fourth-order valence-electron chi connectivity index (χ4n) is 3.94. The van der Waals surface area contributed by atoms with Crippen molar-refractivity contribution >= 4 is 11.8 Å². The highest BCUT2D eigenvalue weighted by Gasteiger charge is 2.43. The Kier molecular flexibility index (Phi) is 4.70. The Labute approximate surface area is 120 Å². The van der Waals surface area contributed by atoms with Gasteiger partial charge in [-0.3, -0.25) is 11.3 Å². The lowest BCUT2D eigenvalue weighted by Crippen LogP contribution is -2.53. The quantitative estimate of drug-likeness (QED) is 0.609. The molecule has 3 aliphatic rings. The first-order chi connectivity index (χ1) is 9.33. The highest BCUT2D eigenvalue weighted by molar-refractivity contribution is 7.99. The molecule has 0 amide bonds. The zero-order chi connectivity index (χ0) is 13.1. The van der Waals surface area contributed by atoms with Gasteiger partial charge in [0.05, 0.1) is 12.2 Å². The Morgan fingerprint density at radius 1 is 1.26 bits per heavy atom. The van der Waals surface area contributed by atoms with Gasteiger partial charge in [-0.05, 0) is 49.7 Å². The lowest BCUT2D eigenvalue weighted by atomic mass is 9.76. The lowest BCUT2D eigenvalue weighted by molar-refractivity contribution is -0.0931. The van der Waals surface area contributed by atoms with E-state index in [2.05, 4.69) is 5.43 Å². The van der Waals surface area contributed by atoms with Gasteiger partial charge < -0.3 is 9.47 Å². The maximum atomic E-state index is 6.12. The van der Waals surface area contributed by atoms with E-state index >= 15 is 0 Å². The molecule has 4 unspecified atom stereocenters. The van der Waals surface area contributed by atoms with Gasteiger partial charge in [-0.2, -0.15) is 11.8 Å². The highest BCUT2D eigenvalue weighted by Crippen LogP contribution is 2.42. The molecule has 3 rings (SSSR count). The first kappa shape index (κ1) is 14.1. The van der Waals surface area contributed by atoms with Crippen molar-refractivity contribution in [3.8, 4) is 0 Å². The molecule has 0 aromatic heterocycles. The molecule has 0 radical (unpaired) electrons. The second-order valence-electron chi connectivity index (χ2n) is 6.26. The molecule has 0 saturated carbocycles. The number of hydrogen-bond donors (Lipinski definition) is 2. The van der Waals surface area contributed by atoms with E-state index in [0.29, 0.717) is 17.9 Å². The van der Waals surface area contributed by atoms with E-state index in [1.807, 2.05) is 11.8 Å². The molecule has 3 N–H and O–H groups in total. The molecule has 1 spiro atoms. The van der Waals surface area contributed by atoms with E-state index in [-0.39, 0.29) is 5.60 Å². The molecule has 3 saturated heterocycles. The second kappa shape index (κ2) is 6.31. The lowest BCUT2D eigenvalue weighted by Gasteiger charge is -2.43. The predicted molar refractivity (Wildman–Crippen MR) is 78.0 cm³/mol. The molecular weight excluding hydrogens is 260 g/mol. The van der Waals surface area contributed by atoms with Gasteiger partial charge in [0.15, 0.2) is 0 Å². The van der Waals surface area contributed by atoms with Crippen LogP contribution in [0.1, 0.15) is 32.1 Å². The number of ether oxygens (including phenoxy) is 2. The first-order valence-corrected chi connectivity index (χ1v) is 8.74. The minimum Gasteiger partial charge on any atom is -0.381 e. The third kappa shape index (κ3) is 3.10. The van der Waals surface area contributed by atoms with Gasteiger partial charge in [0.1, 0.15) is 0 Å². The summed E-state index contributed by atoms with van der Waals surface area (Å²) in [6.45, 7) is 2.69. The molecular formula is C14H26N2O2S. The summed E-state index contributed by atoms with van der Waals surface area (Å²) < 4.78 is 11.8. The maximum absolute atomic E-state index is 6.12. The Hall–Kier alpha value is 0.190. The first-order valence-electron chi connectivity index (χ1n) is 7.59. The van der Waals surface area contributed by atoms with Crippen LogP contribution in [0.5, 0.6) is 0 Å². The fraction of sp³-hybridized carbons (Fsp3) is 1.00. The summed E-state index contributed by atoms with van der Waals surface area (Å²) in [5.41, 5.74) is 3.26. The largest absolute Gasteiger partial charge is 0.381 e. The standard InChI is InChI=1S/C14H26N2O2S/c15-16-13(12-2-1-5-17-9-12)11-3-6-18-14(8-11)4-7-19-10-14/h11-13,16H,1-10,15H2. The second-order valence-corrected chi connectivity index (χ2v) is 7.36. The summed E-state index contributed by atoms with van der Waals surface area (Å²) in [6, 6.07) is 0.395. The van der Waals surface area contributed by atoms with Crippen molar-refractivity contribution in [2.75, 3.05) is 31.3 Å². The third-order valence-electron chi connectivity index (χ3n) is 5.00. The van der Waals surface area contributed by atoms with Crippen LogP contribution in [0.3, 0.4) is 0 Å². The Bertz CT molecular complexity index is 291. The summed E-state index contributed by atoms with van der Waals surface area (Å²) >= 11 is 2.04. The Morgan fingerprint density at radius 3 is 2.89 bits per heavy atom. The fourth-order valence-corrected chi connectivity index (χ4v) is 5.32. The molecule has 4 nitrogen and oxygen atoms in total. The third-order valence-corrected chi connectivity index (χ3v) is 6.22. The number of thioether (sulfide) groups is 1. The summed E-state index contributed by atoms with van der Waals surface area (Å²) in [5.74, 6) is 9.51. The molecule has 0 bridgehead atoms. The highest BCUT2D eigenvalue weighted by atomic mass is 32.2. The van der Waals surface area contributed by atoms with Crippen LogP contribution in [0.15, 0.2) is 0 Å². The van der Waals surface area contributed by atoms with Crippen LogP contribution in [0.2, 0.25) is 0 Å². The monoisotopic (exact) mass is 286 g/mol. The average molecular weight is 286 g/mol. The minimum atomic E-state index is 0.151. The van der Waals surface area contributed by atoms with Crippen molar-refractivity contribution in [1.29, 1.82) is 0 Å². The zero-order valence-electron chi connectivity index (χ0n) is 11.6. The smallest absolute Gasteiger partial charge is 0.0783 e. The molecule has 0 aromatic rings. The van der Waals surface area contributed by atoms with Crippen LogP contribution in [0.4, 0.5) is 0 Å². The van der Waals surface area contributed by atoms with E-state index in [9.17, 15) is 0 Å². The van der Waals surface area contributed by atoms with Crippen LogP contribution < -0.4 is 11.3 Å². The van der Waals surface area contributed by atoms with Crippen LogP contribution in [-0.4, -0.2) is 43.0 Å². The van der Waals surface area contributed by atoms with Crippen LogP contribution in [0, 0.1) is 11.8 Å². The summed E-state index contributed by atoms with van der Waals surface area (Å²) in [4.78, 5) is 0. The van der Waals surface area contributed by atoms with E-state index in [1.54, 1.807) is 0 Å². The van der Waals surface area contributed by atoms with Gasteiger partial charge in [0, 0.05) is 25.0 Å². The van der Waals surface area contributed by atoms with Crippen molar-refractivity contribution < 1.29 is 9.47 Å². The SMILES string of the molecule is NNC(C1CCCOC1)C1CCOC2(CCSC2)C1. The molecule has 3 fully saturated rings. The van der Waals surface area contributed by atoms with Crippen molar-refractivity contribution in [3.05, 3.63) is 0 Å². The summed E-state index contributed by atoms with van der Waals surface area (Å²) in [7, 11) is 0. The van der Waals surface area contributed by atoms with Crippen molar-refractivity contribution in [1.82, 2.24) is 5.43 Å². The molecule has 3 aliphatic heterocycles. The summed E-state index contributed by atoms with van der Waals surface area (Å²) in [6.07, 6.45) is 5.94. The van der Waals surface area contributed by atoms with E-state index < -0.39 is 0 Å². The zero-order valence-corrected chi connectivity index (χ0v) is 12.4. The van der Waals surface area contributed by atoms with Gasteiger partial charge in [-0.1, -0.05) is 0 Å². The van der Waals surface area contributed by atoms with Gasteiger partial charge >= 0.3 is 0 Å². The van der Waals surface area contributed by atoms with Gasteiger partial charge in [-0.15, -0.1) is 0 Å². The van der Waals surface area contributed by atoms with Crippen LogP contribution in [-0.2, 0) is 9.47 Å². The predicted octanol–water partition coefficient (Wildman–Crippen LogP) is 1.55. The number of nitrogens with one attached hydrogen (secondary N) is 1. The van der Waals surface area contributed by atoms with E-state index in [0.717, 1.165) is 26.2 Å². The number of hydrazine groups is 1. The number of nitrogens with two attached hydrogens (primary N) is 1. The van der Waals surface area contributed by atoms with Gasteiger partial charge in [0.25, 0.3) is 0 Å². The van der Waals surface area contributed by atoms with E-state index in [4.69, 9.17) is 15.3 Å². The van der Waals surface area contributed by atoms with Crippen molar-refractivity contribution in [2.45, 2.75) is 43.7 Å². The molecule has 4 atom stereocenters. The van der Waals surface area contributed by atoms with E-state index in [1.165, 1.54) is 37.2 Å². The van der Waals surface area contributed by atoms with Crippen molar-refractivity contribution in [2.24, 2.45) is 17.7 Å². The molecule has 0 aliphatic carbocycles. The van der Waals surface area contributed by atoms with Gasteiger partial charge in [-0.25, -0.2) is 0 Å². The molecule has 110 valence electrons. The maximum Gasteiger partial charge on any atom is 0.0783 e.